The molecule has 5 nitrogen and oxygen atoms in total. The van der Waals surface area contributed by atoms with E-state index >= 15 is 0 Å². The number of benzene rings is 2. The van der Waals surface area contributed by atoms with Gasteiger partial charge in [-0.2, -0.15) is 0 Å². The fourth-order valence-corrected chi connectivity index (χ4v) is 5.38. The SMILES string of the molecule is O=C(O)c1sc([C@H]2CCCN2C(=O)Cc2ccc(Cl)cc2)nc1CCCc1ccccc1. The Kier molecular flexibility index (Phi) is 7.22. The molecule has 0 saturated carbocycles. The number of likely N-dealkylation sites (tertiary alicyclic amines) is 1. The molecule has 1 aromatic heterocycles. The van der Waals surface area contributed by atoms with Crippen molar-refractivity contribution in [2.45, 2.75) is 44.6 Å². The molecule has 1 atom stereocenters. The maximum atomic E-state index is 13.0. The van der Waals surface area contributed by atoms with E-state index in [0.717, 1.165) is 36.3 Å². The lowest BCUT2D eigenvalue weighted by Gasteiger charge is -2.23. The molecular formula is C25H25ClN2O3S. The Hall–Kier alpha value is -2.70. The summed E-state index contributed by atoms with van der Waals surface area (Å²) in [6.45, 7) is 0.669. The van der Waals surface area contributed by atoms with Crippen molar-refractivity contribution < 1.29 is 14.7 Å². The van der Waals surface area contributed by atoms with Crippen LogP contribution in [0.3, 0.4) is 0 Å². The van der Waals surface area contributed by atoms with E-state index in [2.05, 4.69) is 12.1 Å². The number of hydrogen-bond acceptors (Lipinski definition) is 4. The van der Waals surface area contributed by atoms with Crippen LogP contribution in [0.5, 0.6) is 0 Å². The zero-order chi connectivity index (χ0) is 22.5. The third-order valence-electron chi connectivity index (χ3n) is 5.76. The van der Waals surface area contributed by atoms with Crippen LogP contribution < -0.4 is 0 Å². The number of carbonyl (C=O) groups excluding carboxylic acids is 1. The number of amides is 1. The number of nitrogens with zero attached hydrogens (tertiary/aromatic N) is 2. The zero-order valence-electron chi connectivity index (χ0n) is 17.7. The Morgan fingerprint density at radius 2 is 1.81 bits per heavy atom. The largest absolute Gasteiger partial charge is 0.477 e. The van der Waals surface area contributed by atoms with Gasteiger partial charge in [-0.15, -0.1) is 11.3 Å². The van der Waals surface area contributed by atoms with Crippen LogP contribution in [0.1, 0.15) is 56.8 Å². The molecule has 1 saturated heterocycles. The van der Waals surface area contributed by atoms with Crippen LogP contribution in [-0.4, -0.2) is 33.4 Å². The fourth-order valence-electron chi connectivity index (χ4n) is 4.15. The molecule has 0 radical (unpaired) electrons. The second kappa shape index (κ2) is 10.3. The number of aryl methyl sites for hydroxylation is 2. The first kappa shape index (κ1) is 22.5. The van der Waals surface area contributed by atoms with Gasteiger partial charge in [-0.1, -0.05) is 54.1 Å². The van der Waals surface area contributed by atoms with Crippen LogP contribution in [0.4, 0.5) is 0 Å². The van der Waals surface area contributed by atoms with Gasteiger partial charge < -0.3 is 10.0 Å². The lowest BCUT2D eigenvalue weighted by Crippen LogP contribution is -2.31. The van der Waals surface area contributed by atoms with Crippen LogP contribution in [-0.2, 0) is 24.1 Å². The Bertz CT molecular complexity index is 1080. The molecule has 3 aromatic rings. The monoisotopic (exact) mass is 468 g/mol. The normalized spacial score (nSPS) is 15.8. The summed E-state index contributed by atoms with van der Waals surface area (Å²) in [7, 11) is 0. The van der Waals surface area contributed by atoms with Crippen molar-refractivity contribution in [1.82, 2.24) is 9.88 Å². The molecule has 0 unspecified atom stereocenters. The van der Waals surface area contributed by atoms with E-state index in [1.807, 2.05) is 35.2 Å². The molecule has 1 fully saturated rings. The standard InChI is InChI=1S/C25H25ClN2O3S/c26-19-13-11-18(12-14-19)16-22(29)28-15-5-10-21(28)24-27-20(23(32-24)25(30)31)9-4-8-17-6-2-1-3-7-17/h1-3,6-7,11-14,21H,4-5,8-10,15-16H2,(H,30,31)/t21-/m1/s1. The summed E-state index contributed by atoms with van der Waals surface area (Å²) in [6.07, 6.45) is 4.32. The smallest absolute Gasteiger partial charge is 0.347 e. The minimum atomic E-state index is -0.944. The third kappa shape index (κ3) is 5.37. The van der Waals surface area contributed by atoms with Crippen molar-refractivity contribution in [3.05, 3.63) is 86.3 Å². The van der Waals surface area contributed by atoms with Crippen molar-refractivity contribution in [2.75, 3.05) is 6.54 Å². The quantitative estimate of drug-likeness (QED) is 0.468. The lowest BCUT2D eigenvalue weighted by molar-refractivity contribution is -0.131. The van der Waals surface area contributed by atoms with Crippen LogP contribution in [0.2, 0.25) is 5.02 Å². The van der Waals surface area contributed by atoms with E-state index in [4.69, 9.17) is 16.6 Å². The molecule has 32 heavy (non-hydrogen) atoms. The molecule has 2 heterocycles. The zero-order valence-corrected chi connectivity index (χ0v) is 19.2. The number of hydrogen-bond donors (Lipinski definition) is 1. The maximum Gasteiger partial charge on any atom is 0.347 e. The highest BCUT2D eigenvalue weighted by molar-refractivity contribution is 7.13. The van der Waals surface area contributed by atoms with Crippen LogP contribution >= 0.6 is 22.9 Å². The van der Waals surface area contributed by atoms with Gasteiger partial charge in [0.2, 0.25) is 5.91 Å². The molecule has 1 aliphatic rings. The fraction of sp³-hybridized carbons (Fsp3) is 0.320. The van der Waals surface area contributed by atoms with Crippen molar-refractivity contribution in [3.63, 3.8) is 0 Å². The Balaban J connectivity index is 1.46. The highest BCUT2D eigenvalue weighted by Crippen LogP contribution is 2.36. The van der Waals surface area contributed by atoms with Crippen LogP contribution in [0.15, 0.2) is 54.6 Å². The molecular weight excluding hydrogens is 444 g/mol. The molecule has 7 heteroatoms. The number of aromatic carboxylic acids is 1. The Morgan fingerprint density at radius 1 is 1.06 bits per heavy atom. The molecule has 0 aliphatic carbocycles. The van der Waals surface area contributed by atoms with E-state index in [0.29, 0.717) is 35.0 Å². The van der Waals surface area contributed by atoms with Gasteiger partial charge in [0.1, 0.15) is 9.88 Å². The van der Waals surface area contributed by atoms with Gasteiger partial charge >= 0.3 is 5.97 Å². The van der Waals surface area contributed by atoms with E-state index in [1.54, 1.807) is 12.1 Å². The van der Waals surface area contributed by atoms with Gasteiger partial charge in [0.25, 0.3) is 0 Å². The number of rotatable bonds is 8. The highest BCUT2D eigenvalue weighted by Gasteiger charge is 2.33. The number of thiazole rings is 1. The summed E-state index contributed by atoms with van der Waals surface area (Å²) < 4.78 is 0. The van der Waals surface area contributed by atoms with Crippen molar-refractivity contribution in [2.24, 2.45) is 0 Å². The van der Waals surface area contributed by atoms with E-state index in [1.165, 1.54) is 16.9 Å². The molecule has 0 spiro atoms. The lowest BCUT2D eigenvalue weighted by atomic mass is 10.1. The topological polar surface area (TPSA) is 70.5 Å². The average Bonchev–Trinajstić information content (AvgIpc) is 3.43. The first-order valence-corrected chi connectivity index (χ1v) is 12.0. The first-order chi connectivity index (χ1) is 15.5. The molecule has 1 amide bonds. The predicted molar refractivity (Wildman–Crippen MR) is 126 cm³/mol. The van der Waals surface area contributed by atoms with Gasteiger partial charge in [-0.25, -0.2) is 9.78 Å². The van der Waals surface area contributed by atoms with E-state index in [9.17, 15) is 14.7 Å². The molecule has 4 rings (SSSR count). The maximum absolute atomic E-state index is 13.0. The van der Waals surface area contributed by atoms with Gasteiger partial charge in [-0.05, 0) is 55.4 Å². The average molecular weight is 469 g/mol. The van der Waals surface area contributed by atoms with E-state index in [-0.39, 0.29) is 11.9 Å². The summed E-state index contributed by atoms with van der Waals surface area (Å²) in [4.78, 5) is 31.7. The van der Waals surface area contributed by atoms with Crippen molar-refractivity contribution >= 4 is 34.8 Å². The van der Waals surface area contributed by atoms with E-state index < -0.39 is 5.97 Å². The van der Waals surface area contributed by atoms with Gasteiger partial charge in [0, 0.05) is 11.6 Å². The van der Waals surface area contributed by atoms with Gasteiger partial charge in [0.05, 0.1) is 18.2 Å². The summed E-state index contributed by atoms with van der Waals surface area (Å²) in [6, 6.07) is 17.3. The minimum absolute atomic E-state index is 0.0347. The molecule has 166 valence electrons. The highest BCUT2D eigenvalue weighted by atomic mass is 35.5. The molecule has 2 aromatic carbocycles. The number of carboxylic acid groups (broad SMARTS) is 1. The van der Waals surface area contributed by atoms with Crippen molar-refractivity contribution in [3.8, 4) is 0 Å². The molecule has 1 aliphatic heterocycles. The number of carbonyl (C=O) groups is 2. The Labute approximate surface area is 196 Å². The minimum Gasteiger partial charge on any atom is -0.477 e. The summed E-state index contributed by atoms with van der Waals surface area (Å²) in [5.74, 6) is -0.909. The van der Waals surface area contributed by atoms with Crippen LogP contribution in [0.25, 0.3) is 0 Å². The number of carboxylic acids is 1. The summed E-state index contributed by atoms with van der Waals surface area (Å²) in [5, 5.41) is 11.1. The summed E-state index contributed by atoms with van der Waals surface area (Å²) in [5.41, 5.74) is 2.78. The Morgan fingerprint density at radius 3 is 2.53 bits per heavy atom. The van der Waals surface area contributed by atoms with Crippen LogP contribution in [0, 0.1) is 0 Å². The second-order valence-corrected chi connectivity index (χ2v) is 9.49. The van der Waals surface area contributed by atoms with Gasteiger partial charge in [0.15, 0.2) is 0 Å². The predicted octanol–water partition coefficient (Wildman–Crippen LogP) is 5.58. The second-order valence-electron chi connectivity index (χ2n) is 8.02. The van der Waals surface area contributed by atoms with Gasteiger partial charge in [-0.3, -0.25) is 4.79 Å². The molecule has 1 N–H and O–H groups in total. The first-order valence-electron chi connectivity index (χ1n) is 10.8. The van der Waals surface area contributed by atoms with Crippen molar-refractivity contribution in [1.29, 1.82) is 0 Å². The third-order valence-corrected chi connectivity index (χ3v) is 7.20. The summed E-state index contributed by atoms with van der Waals surface area (Å²) >= 11 is 7.16. The number of aromatic nitrogens is 1. The number of halogens is 1. The molecule has 0 bridgehead atoms.